The van der Waals surface area contributed by atoms with Gasteiger partial charge in [0, 0.05) is 0 Å². The van der Waals surface area contributed by atoms with Crippen molar-refractivity contribution in [1.29, 1.82) is 0 Å². The van der Waals surface area contributed by atoms with E-state index in [0.717, 1.165) is 0 Å². The zero-order valence-electron chi connectivity index (χ0n) is 2.34. The van der Waals surface area contributed by atoms with E-state index in [-0.39, 0.29) is 0 Å². The molecule has 0 aliphatic rings. The van der Waals surface area contributed by atoms with Gasteiger partial charge in [-0.25, -0.2) is 0 Å². The van der Waals surface area contributed by atoms with E-state index in [9.17, 15) is 13.2 Å². The first-order valence-electron chi connectivity index (χ1n) is 0.894. The van der Waals surface area contributed by atoms with Gasteiger partial charge in [-0.1, -0.05) is 0 Å². The van der Waals surface area contributed by atoms with Crippen LogP contribution >= 0.6 is 0 Å². The molecule has 5 heteroatoms. The molecule has 0 bridgehead atoms. The number of alkyl halides is 3. The molecule has 0 spiro atoms. The molecule has 0 atom stereocenters. The second kappa shape index (κ2) is 2.38. The van der Waals surface area contributed by atoms with Gasteiger partial charge >= 0.3 is 49.2 Å². The van der Waals surface area contributed by atoms with Crippen LogP contribution in [0.25, 0.3) is 0 Å². The molecule has 0 rings (SSSR count). The Labute approximate surface area is 49.4 Å². The molecule has 0 saturated carbocycles. The first-order chi connectivity index (χ1) is 2.56. The van der Waals surface area contributed by atoms with Gasteiger partial charge in [-0.2, -0.15) is 0 Å². The van der Waals surface area contributed by atoms with Gasteiger partial charge in [-0.15, -0.1) is 0 Å². The predicted octanol–water partition coefficient (Wildman–Crippen LogP) is 0.672. The predicted molar refractivity (Wildman–Crippen MR) is 11.8 cm³/mol. The van der Waals surface area contributed by atoms with Gasteiger partial charge in [-0.3, -0.25) is 0 Å². The van der Waals surface area contributed by atoms with E-state index in [2.05, 4.69) is 18.9 Å². The maximum absolute atomic E-state index is 10.8. The van der Waals surface area contributed by atoms with Crippen molar-refractivity contribution in [3.8, 4) is 0 Å². The molecule has 0 aromatic carbocycles. The zero-order valence-corrected chi connectivity index (χ0v) is 5.54. The van der Waals surface area contributed by atoms with Crippen LogP contribution in [0.2, 0.25) is 0 Å². The molecule has 0 fully saturated rings. The summed E-state index contributed by atoms with van der Waals surface area (Å²) in [5.41, 5.74) is 0. The van der Waals surface area contributed by atoms with Crippen LogP contribution in [0.3, 0.4) is 0 Å². The molecule has 0 heterocycles. The van der Waals surface area contributed by atoms with Gasteiger partial charge in [0.05, 0.1) is 0 Å². The maximum atomic E-state index is 10.8. The molecule has 0 aromatic heterocycles. The van der Waals surface area contributed by atoms with Gasteiger partial charge in [0.2, 0.25) is 0 Å². The fraction of sp³-hybridized carbons (Fsp3) is 1.00. The minimum absolute atomic E-state index is 1.38. The summed E-state index contributed by atoms with van der Waals surface area (Å²) >= 11 is 0.945. The van der Waals surface area contributed by atoms with E-state index >= 15 is 0 Å². The molecule has 0 aromatic rings. The van der Waals surface area contributed by atoms with Gasteiger partial charge in [0.15, 0.2) is 0 Å². The van der Waals surface area contributed by atoms with Gasteiger partial charge < -0.3 is 0 Å². The average Bonchev–Trinajstić information content (AvgIpc) is 1.35. The number of hydrogen-bond donors (Lipinski definition) is 0. The summed E-state index contributed by atoms with van der Waals surface area (Å²) in [7, 11) is 0. The van der Waals surface area contributed by atoms with Crippen LogP contribution in [0.1, 0.15) is 0 Å². The topological polar surface area (TPSA) is 0 Å². The molecule has 0 unspecified atom stereocenters. The second-order valence-electron chi connectivity index (χ2n) is 0.507. The van der Waals surface area contributed by atoms with Gasteiger partial charge in [0.1, 0.15) is 0 Å². The first-order valence-corrected chi connectivity index (χ1v) is 5.41. The summed E-state index contributed by atoms with van der Waals surface area (Å²) in [4.78, 5) is 0. The number of hydrogen-bond acceptors (Lipinski definition) is 0. The monoisotopic (exact) mass is 256 g/mol. The van der Waals surface area contributed by atoms with Crippen LogP contribution in [-0.2, 0) is 18.9 Å². The van der Waals surface area contributed by atoms with E-state index in [4.69, 9.17) is 0 Å². The van der Waals surface area contributed by atoms with Crippen molar-refractivity contribution in [2.75, 3.05) is 0 Å². The van der Waals surface area contributed by atoms with Crippen molar-refractivity contribution >= 4 is 12.0 Å². The molecular formula is CAgF3Se. The third-order valence-electron chi connectivity index (χ3n) is 0.0698. The van der Waals surface area contributed by atoms with Crippen molar-refractivity contribution in [2.45, 2.75) is 5.07 Å². The molecule has 42 valence electrons. The van der Waals surface area contributed by atoms with Crippen molar-refractivity contribution in [3.05, 3.63) is 0 Å². The molecule has 0 aliphatic carbocycles. The summed E-state index contributed by atoms with van der Waals surface area (Å²) in [6.07, 6.45) is 0. The standard InChI is InChI=1S/CHF3Se.Ag/c2-1(3,4)5;/h5H;/q;+1/p-1. The Morgan fingerprint density at radius 3 is 1.50 bits per heavy atom. The van der Waals surface area contributed by atoms with Crippen LogP contribution in [0.5, 0.6) is 0 Å². The summed E-state index contributed by atoms with van der Waals surface area (Å²) in [6.45, 7) is 0. The van der Waals surface area contributed by atoms with E-state index in [1.807, 2.05) is 0 Å². The number of halogens is 3. The molecule has 0 radical (unpaired) electrons. The summed E-state index contributed by atoms with van der Waals surface area (Å²) in [5, 5.41) is -3.98. The van der Waals surface area contributed by atoms with E-state index in [1.54, 1.807) is 0 Å². The average molecular weight is 256 g/mol. The normalized spacial score (nSPS) is 12.2. The minimum atomic E-state index is -3.98. The summed E-state index contributed by atoms with van der Waals surface area (Å²) in [5.74, 6) is 0. The molecular weight excluding hydrogens is 256 g/mol. The van der Waals surface area contributed by atoms with Crippen molar-refractivity contribution in [3.63, 3.8) is 0 Å². The fourth-order valence-corrected chi connectivity index (χ4v) is 0. The Hall–Kier alpha value is 1.05. The molecule has 0 aliphatic heterocycles. The molecule has 6 heavy (non-hydrogen) atoms. The molecule has 0 N–H and O–H groups in total. The van der Waals surface area contributed by atoms with Crippen molar-refractivity contribution in [2.24, 2.45) is 0 Å². The van der Waals surface area contributed by atoms with Crippen LogP contribution in [0.15, 0.2) is 0 Å². The van der Waals surface area contributed by atoms with Crippen molar-refractivity contribution in [1.82, 2.24) is 0 Å². The van der Waals surface area contributed by atoms with Crippen LogP contribution in [0, 0.1) is 0 Å². The first kappa shape index (κ1) is 7.05. The Morgan fingerprint density at radius 1 is 1.33 bits per heavy atom. The van der Waals surface area contributed by atoms with Crippen LogP contribution in [-0.4, -0.2) is 17.1 Å². The number of rotatable bonds is 0. The van der Waals surface area contributed by atoms with Gasteiger partial charge in [-0.05, 0) is 0 Å². The third kappa shape index (κ3) is 5.05. The Bertz CT molecular complexity index is 40.5. The van der Waals surface area contributed by atoms with Gasteiger partial charge in [0.25, 0.3) is 0 Å². The Kier molecular flexibility index (Phi) is 2.80. The van der Waals surface area contributed by atoms with Crippen molar-refractivity contribution < 1.29 is 32.1 Å². The van der Waals surface area contributed by atoms with E-state index in [0.29, 0.717) is 0 Å². The Morgan fingerprint density at radius 2 is 1.50 bits per heavy atom. The zero-order chi connectivity index (χ0) is 5.21. The summed E-state index contributed by atoms with van der Waals surface area (Å²) in [6, 6.07) is 0. The molecule has 0 nitrogen and oxygen atoms in total. The summed E-state index contributed by atoms with van der Waals surface area (Å²) < 4.78 is 32.3. The Balaban J connectivity index is 3.17. The SMILES string of the molecule is FC(F)(F)[Se][Ag]. The van der Waals surface area contributed by atoms with E-state index < -0.39 is 17.1 Å². The molecule has 0 amide bonds. The fourth-order valence-electron chi connectivity index (χ4n) is 0. The van der Waals surface area contributed by atoms with Crippen LogP contribution in [0.4, 0.5) is 13.2 Å². The van der Waals surface area contributed by atoms with Crippen LogP contribution < -0.4 is 0 Å². The quantitative estimate of drug-likeness (QED) is 0.559. The second-order valence-corrected chi connectivity index (χ2v) is 3.31. The molecule has 0 saturated heterocycles. The van der Waals surface area contributed by atoms with E-state index in [1.165, 1.54) is 0 Å². The third-order valence-corrected chi connectivity index (χ3v) is 2.15.